The average Bonchev–Trinajstić information content (AvgIpc) is 3.33. The van der Waals surface area contributed by atoms with Gasteiger partial charge in [0.2, 0.25) is 0 Å². The van der Waals surface area contributed by atoms with Crippen molar-refractivity contribution in [2.45, 2.75) is 58.9 Å². The Balaban J connectivity index is 1.66. The van der Waals surface area contributed by atoms with Crippen molar-refractivity contribution in [3.63, 3.8) is 0 Å². The van der Waals surface area contributed by atoms with Crippen LogP contribution in [0.2, 0.25) is 0 Å². The van der Waals surface area contributed by atoms with Gasteiger partial charge in [-0.05, 0) is 69.5 Å². The molecule has 0 saturated carbocycles. The van der Waals surface area contributed by atoms with E-state index in [1.54, 1.807) is 0 Å². The molecule has 31 heavy (non-hydrogen) atoms. The summed E-state index contributed by atoms with van der Waals surface area (Å²) in [7, 11) is 0. The third kappa shape index (κ3) is 3.30. The first kappa shape index (κ1) is 20.4. The molecular formula is C26H30N4S. The average molecular weight is 431 g/mol. The van der Waals surface area contributed by atoms with Crippen molar-refractivity contribution in [1.29, 1.82) is 0 Å². The number of rotatable bonds is 3. The number of aliphatic imine (C=N–C) groups is 1. The molecule has 0 N–H and O–H groups in total. The first-order valence-corrected chi connectivity index (χ1v) is 11.9. The lowest BCUT2D eigenvalue weighted by Gasteiger charge is -2.27. The molecule has 160 valence electrons. The Morgan fingerprint density at radius 1 is 1.00 bits per heavy atom. The molecule has 0 aliphatic carbocycles. The van der Waals surface area contributed by atoms with E-state index in [9.17, 15) is 0 Å². The Morgan fingerprint density at radius 2 is 1.74 bits per heavy atom. The van der Waals surface area contributed by atoms with Crippen LogP contribution in [0.4, 0.5) is 0 Å². The molecule has 0 amide bonds. The topological polar surface area (TPSA) is 33.4 Å². The molecule has 2 aliphatic heterocycles. The van der Waals surface area contributed by atoms with Crippen LogP contribution in [0.5, 0.6) is 0 Å². The van der Waals surface area contributed by atoms with Crippen LogP contribution in [0.15, 0.2) is 47.6 Å². The monoisotopic (exact) mass is 430 g/mol. The van der Waals surface area contributed by atoms with Crippen molar-refractivity contribution >= 4 is 16.9 Å². The van der Waals surface area contributed by atoms with Crippen molar-refractivity contribution in [1.82, 2.24) is 14.5 Å². The van der Waals surface area contributed by atoms with Gasteiger partial charge in [0, 0.05) is 29.4 Å². The highest BCUT2D eigenvalue weighted by Gasteiger charge is 2.44. The number of hydrogen-bond donors (Lipinski definition) is 0. The Morgan fingerprint density at radius 3 is 2.42 bits per heavy atom. The third-order valence-electron chi connectivity index (χ3n) is 6.53. The van der Waals surface area contributed by atoms with E-state index in [0.29, 0.717) is 5.25 Å². The molecule has 3 aromatic rings. The number of aryl methyl sites for hydroxylation is 4. The molecule has 0 unspecified atom stereocenters. The number of hydrogen-bond acceptors (Lipinski definition) is 4. The van der Waals surface area contributed by atoms with Gasteiger partial charge in [-0.2, -0.15) is 0 Å². The molecule has 0 bridgehead atoms. The van der Waals surface area contributed by atoms with Gasteiger partial charge in [-0.15, -0.1) is 0 Å². The predicted molar refractivity (Wildman–Crippen MR) is 130 cm³/mol. The lowest BCUT2D eigenvalue weighted by Crippen LogP contribution is -2.29. The number of amidine groups is 1. The van der Waals surface area contributed by atoms with Gasteiger partial charge in [-0.25, -0.2) is 0 Å². The van der Waals surface area contributed by atoms with Gasteiger partial charge in [0.1, 0.15) is 6.04 Å². The van der Waals surface area contributed by atoms with Crippen molar-refractivity contribution in [3.8, 4) is 5.69 Å². The second kappa shape index (κ2) is 7.56. The zero-order valence-corrected chi connectivity index (χ0v) is 20.0. The lowest BCUT2D eigenvalue weighted by atomic mass is 9.96. The molecule has 5 rings (SSSR count). The third-order valence-corrected chi connectivity index (χ3v) is 7.63. The van der Waals surface area contributed by atoms with Gasteiger partial charge in [0.25, 0.3) is 0 Å². The molecule has 1 aromatic carbocycles. The summed E-state index contributed by atoms with van der Waals surface area (Å²) >= 11 is 1.89. The second-order valence-electron chi connectivity index (χ2n) is 9.05. The van der Waals surface area contributed by atoms with Crippen LogP contribution in [0.25, 0.3) is 5.69 Å². The first-order valence-electron chi connectivity index (χ1n) is 11.0. The number of benzene rings is 1. The highest BCUT2D eigenvalue weighted by atomic mass is 32.2. The zero-order valence-electron chi connectivity index (χ0n) is 19.2. The molecule has 3 atom stereocenters. The summed E-state index contributed by atoms with van der Waals surface area (Å²) in [6.45, 7) is 14.4. The molecule has 4 heterocycles. The molecule has 0 spiro atoms. The summed E-state index contributed by atoms with van der Waals surface area (Å²) in [5.74, 6) is 0. The maximum atomic E-state index is 5.16. The summed E-state index contributed by atoms with van der Waals surface area (Å²) in [5, 5.41) is 1.73. The Bertz CT molecular complexity index is 1150. The number of nitrogens with zero attached hydrogens (tertiary/aromatic N) is 4. The van der Waals surface area contributed by atoms with Gasteiger partial charge in [0.05, 0.1) is 17.4 Å². The van der Waals surface area contributed by atoms with E-state index in [4.69, 9.17) is 4.99 Å². The van der Waals surface area contributed by atoms with Gasteiger partial charge in [-0.3, -0.25) is 9.98 Å². The SMILES string of the molecule is Cc1cc(C)c(-n2c(C)cc([C@@H]3[C@H](c4ccccn4)N=C4S[C@@H](C)CN43)c2C)c(C)c1. The van der Waals surface area contributed by atoms with Gasteiger partial charge < -0.3 is 9.47 Å². The molecular weight excluding hydrogens is 400 g/mol. The highest BCUT2D eigenvalue weighted by Crippen LogP contribution is 2.49. The minimum Gasteiger partial charge on any atom is -0.341 e. The van der Waals surface area contributed by atoms with Gasteiger partial charge in [0.15, 0.2) is 5.17 Å². The lowest BCUT2D eigenvalue weighted by molar-refractivity contribution is 0.320. The molecule has 1 saturated heterocycles. The summed E-state index contributed by atoms with van der Waals surface area (Å²) < 4.78 is 2.44. The summed E-state index contributed by atoms with van der Waals surface area (Å²) in [4.78, 5) is 12.4. The maximum Gasteiger partial charge on any atom is 0.160 e. The fourth-order valence-electron chi connectivity index (χ4n) is 5.41. The van der Waals surface area contributed by atoms with E-state index in [0.717, 1.165) is 12.2 Å². The van der Waals surface area contributed by atoms with E-state index in [1.807, 2.05) is 24.0 Å². The number of pyridine rings is 1. The van der Waals surface area contributed by atoms with Crippen LogP contribution in [-0.2, 0) is 0 Å². The standard InChI is InChI=1S/C26H30N4S/c1-15-11-16(2)24(17(3)12-15)30-18(4)13-21(20(30)6)25-23(22-9-7-8-10-27-22)28-26-29(25)14-19(5)31-26/h7-13,19,23,25H,14H2,1-6H3/t19-,23-,25+/m0/s1. The normalized spacial score (nSPS) is 22.7. The summed E-state index contributed by atoms with van der Waals surface area (Å²) in [6.07, 6.45) is 1.88. The summed E-state index contributed by atoms with van der Waals surface area (Å²) in [6, 6.07) is 13.3. The largest absolute Gasteiger partial charge is 0.341 e. The minimum atomic E-state index is 0.0327. The van der Waals surface area contributed by atoms with E-state index in [1.165, 1.54) is 44.5 Å². The Labute approximate surface area is 189 Å². The van der Waals surface area contributed by atoms with Crippen LogP contribution in [-0.4, -0.2) is 31.4 Å². The van der Waals surface area contributed by atoms with Crippen molar-refractivity contribution < 1.29 is 0 Å². The van der Waals surface area contributed by atoms with Crippen LogP contribution >= 0.6 is 11.8 Å². The summed E-state index contributed by atoms with van der Waals surface area (Å²) in [5.41, 5.74) is 10.3. The zero-order chi connectivity index (χ0) is 21.9. The number of thioether (sulfide) groups is 1. The van der Waals surface area contributed by atoms with Crippen LogP contribution in [0.1, 0.15) is 58.3 Å². The van der Waals surface area contributed by atoms with Crippen LogP contribution in [0.3, 0.4) is 0 Å². The maximum absolute atomic E-state index is 5.16. The molecule has 2 aliphatic rings. The molecule has 0 radical (unpaired) electrons. The molecule has 5 heteroatoms. The van der Waals surface area contributed by atoms with Gasteiger partial charge >= 0.3 is 0 Å². The van der Waals surface area contributed by atoms with Crippen LogP contribution < -0.4 is 0 Å². The van der Waals surface area contributed by atoms with Crippen molar-refractivity contribution in [2.75, 3.05) is 6.54 Å². The predicted octanol–water partition coefficient (Wildman–Crippen LogP) is 6.00. The van der Waals surface area contributed by atoms with Crippen molar-refractivity contribution in [2.24, 2.45) is 4.99 Å². The molecule has 2 aromatic heterocycles. The van der Waals surface area contributed by atoms with Gasteiger partial charge in [-0.1, -0.05) is 42.4 Å². The first-order chi connectivity index (χ1) is 14.8. The van der Waals surface area contributed by atoms with E-state index >= 15 is 0 Å². The van der Waals surface area contributed by atoms with E-state index < -0.39 is 0 Å². The van der Waals surface area contributed by atoms with Crippen molar-refractivity contribution in [3.05, 3.63) is 81.9 Å². The Hall–Kier alpha value is -2.53. The smallest absolute Gasteiger partial charge is 0.160 e. The van der Waals surface area contributed by atoms with Crippen LogP contribution in [0, 0.1) is 34.6 Å². The second-order valence-corrected chi connectivity index (χ2v) is 10.5. The minimum absolute atomic E-state index is 0.0327. The fraction of sp³-hybridized carbons (Fsp3) is 0.385. The Kier molecular flexibility index (Phi) is 4.97. The highest BCUT2D eigenvalue weighted by molar-refractivity contribution is 8.14. The molecule has 1 fully saturated rings. The quantitative estimate of drug-likeness (QED) is 0.511. The number of aromatic nitrogens is 2. The fourth-order valence-corrected chi connectivity index (χ4v) is 6.50. The van der Waals surface area contributed by atoms with E-state index in [2.05, 4.69) is 86.3 Å². The number of fused-ring (bicyclic) bond motifs is 1. The molecule has 4 nitrogen and oxygen atoms in total. The van der Waals surface area contributed by atoms with E-state index in [-0.39, 0.29) is 12.1 Å².